The van der Waals surface area contributed by atoms with Crippen LogP contribution in [0.25, 0.3) is 0 Å². The Morgan fingerprint density at radius 1 is 0.938 bits per heavy atom. The molecule has 0 saturated carbocycles. The third kappa shape index (κ3) is 0.0558. The summed E-state index contributed by atoms with van der Waals surface area (Å²) in [5.41, 5.74) is 0. The van der Waals surface area contributed by atoms with Crippen LogP contribution in [0, 0.1) is 0 Å². The molecule has 0 aromatic carbocycles. The summed E-state index contributed by atoms with van der Waals surface area (Å²) in [6.07, 6.45) is 1.34. The molecule has 0 amide bonds. The first kappa shape index (κ1) is 6.15. The molecule has 0 radical (unpaired) electrons. The molecule has 1 nitrogen and oxygen atoms in total. The molecule has 10 heterocycles. The van der Waals surface area contributed by atoms with Gasteiger partial charge in [0.1, 0.15) is 0 Å². The molecule has 0 bridgehead atoms. The van der Waals surface area contributed by atoms with E-state index in [4.69, 9.17) is 0 Å². The molecule has 1 spiro atoms. The summed E-state index contributed by atoms with van der Waals surface area (Å²) in [4.78, 5) is 0. The molecule has 10 fully saturated rings. The van der Waals surface area contributed by atoms with Gasteiger partial charge >= 0.3 is 84.1 Å². The fourth-order valence-electron chi connectivity index (χ4n) is 17.6. The van der Waals surface area contributed by atoms with Crippen LogP contribution >= 0.6 is 0 Å². The standard InChI is InChI=1S/C9H14N.C5H5.Ru/c1-2-7-10-8-9-5-3-4-6-9;1-2-4-5-3-1;/h3-6,10H,2,7-8H2,1H3;1-5H;. The molecule has 10 saturated heterocycles. The van der Waals surface area contributed by atoms with Crippen molar-refractivity contribution in [2.45, 2.75) is 58.0 Å². The summed E-state index contributed by atoms with van der Waals surface area (Å²) >= 11 is 0. The van der Waals surface area contributed by atoms with Crippen molar-refractivity contribution < 1.29 is 7.72 Å². The molecular formula is C14H19NRu. The Morgan fingerprint density at radius 3 is 1.81 bits per heavy atom. The second-order valence-electron chi connectivity index (χ2n) is 11.0. The zero-order valence-electron chi connectivity index (χ0n) is 9.67. The van der Waals surface area contributed by atoms with Crippen LogP contribution < -0.4 is 5.32 Å². The number of hydrogen-bond donors (Lipinski definition) is 1. The Labute approximate surface area is 84.1 Å². The Morgan fingerprint density at radius 2 is 1.50 bits per heavy atom. The van der Waals surface area contributed by atoms with Gasteiger partial charge in [0.05, 0.1) is 0 Å². The Balaban J connectivity index is 1.46. The summed E-state index contributed by atoms with van der Waals surface area (Å²) in [6, 6.07) is 0. The predicted molar refractivity (Wildman–Crippen MR) is 59.6 cm³/mol. The van der Waals surface area contributed by atoms with E-state index >= 15 is 0 Å². The van der Waals surface area contributed by atoms with E-state index in [-0.39, 0.29) is 0 Å². The molecule has 16 heavy (non-hydrogen) atoms. The van der Waals surface area contributed by atoms with E-state index in [0.717, 1.165) is 4.01 Å². The molecule has 0 aromatic heterocycles. The summed E-state index contributed by atoms with van der Waals surface area (Å²) < 4.78 is 15.0. The minimum atomic E-state index is -2.92. The van der Waals surface area contributed by atoms with Gasteiger partial charge in [-0.3, -0.25) is 0 Å². The van der Waals surface area contributed by atoms with E-state index in [9.17, 15) is 0 Å². The van der Waals surface area contributed by atoms with Crippen LogP contribution in [0.4, 0.5) is 0 Å². The first-order chi connectivity index (χ1) is 7.61. The minimum absolute atomic E-state index is 1.15. The Kier molecular flexibility index (Phi) is 0.187. The Hall–Kier alpha value is 0.583. The molecule has 10 aliphatic rings. The van der Waals surface area contributed by atoms with Crippen molar-refractivity contribution in [3.63, 3.8) is 0 Å². The van der Waals surface area contributed by atoms with Gasteiger partial charge in [0.25, 0.3) is 0 Å². The molecule has 4 atom stereocenters. The van der Waals surface area contributed by atoms with Gasteiger partial charge in [-0.25, -0.2) is 0 Å². The van der Waals surface area contributed by atoms with Gasteiger partial charge in [-0.1, -0.05) is 0 Å². The first-order valence-electron chi connectivity index (χ1n) is 7.53. The van der Waals surface area contributed by atoms with Crippen LogP contribution in [0.5, 0.6) is 0 Å². The van der Waals surface area contributed by atoms with E-state index in [1.807, 2.05) is 0 Å². The van der Waals surface area contributed by atoms with Gasteiger partial charge in [0.15, 0.2) is 0 Å². The summed E-state index contributed by atoms with van der Waals surface area (Å²) in [5.74, 6) is 0. The van der Waals surface area contributed by atoms with Crippen LogP contribution in [0.15, 0.2) is 0 Å². The molecule has 2 heteroatoms. The van der Waals surface area contributed by atoms with Crippen LogP contribution in [-0.4, -0.2) is 13.1 Å². The Bertz CT molecular complexity index is 818. The third-order valence-corrected chi connectivity index (χ3v) is 83.4. The molecule has 88 valence electrons. The first-order valence-corrected chi connectivity index (χ1v) is 17.4. The summed E-state index contributed by atoms with van der Waals surface area (Å²) in [5, 5.41) is 3.90. The second-order valence-corrected chi connectivity index (χ2v) is 48.3. The van der Waals surface area contributed by atoms with E-state index in [1.165, 1.54) is 22.0 Å². The number of rotatable bonds is 4. The normalized spacial score (nSPS) is 126. The van der Waals surface area contributed by atoms with E-state index < -0.39 is 7.72 Å². The van der Waals surface area contributed by atoms with E-state index in [0.29, 0.717) is 0 Å². The van der Waals surface area contributed by atoms with Gasteiger partial charge in [-0.2, -0.15) is 0 Å². The topological polar surface area (TPSA) is 12.0 Å². The van der Waals surface area contributed by atoms with Crippen molar-refractivity contribution in [1.29, 1.82) is 0 Å². The monoisotopic (exact) mass is 303 g/mol. The quantitative estimate of drug-likeness (QED) is 0.616. The zero-order valence-corrected chi connectivity index (χ0v) is 11.4. The molecule has 0 aliphatic carbocycles. The molecule has 10 aliphatic heterocycles. The number of nitrogens with one attached hydrogen (secondary N) is 1. The molecule has 1 N–H and O–H groups in total. The van der Waals surface area contributed by atoms with Crippen LogP contribution in [-0.2, 0) is 7.72 Å². The van der Waals surface area contributed by atoms with E-state index in [1.54, 1.807) is 38.1 Å². The van der Waals surface area contributed by atoms with Crippen molar-refractivity contribution in [1.82, 2.24) is 5.32 Å². The van der Waals surface area contributed by atoms with Crippen molar-refractivity contribution in [3.05, 3.63) is 0 Å². The zero-order chi connectivity index (χ0) is 9.84. The maximum absolute atomic E-state index is 3.90. The number of hydrogen-bond acceptors (Lipinski definition) is 1. The molecule has 0 aromatic rings. The van der Waals surface area contributed by atoms with Gasteiger partial charge in [-0.15, -0.1) is 0 Å². The molecular weight excluding hydrogens is 283 g/mol. The summed E-state index contributed by atoms with van der Waals surface area (Å²) in [7, 11) is -2.92. The molecule has 10 rings (SSSR count). The fourth-order valence-corrected chi connectivity index (χ4v) is 152. The van der Waals surface area contributed by atoms with Crippen molar-refractivity contribution in [3.8, 4) is 0 Å². The average molecular weight is 302 g/mol. The van der Waals surface area contributed by atoms with Gasteiger partial charge in [-0.05, 0) is 0 Å². The third-order valence-electron chi connectivity index (χ3n) is 15.8. The predicted octanol–water partition coefficient (Wildman–Crippen LogP) is 3.75. The average Bonchev–Trinajstić information content (AvgIpc) is 3.24. The second kappa shape index (κ2) is 0.486. The van der Waals surface area contributed by atoms with Gasteiger partial charge < -0.3 is 0 Å². The number of fused-ring (bicyclic) bond motifs is 10. The van der Waals surface area contributed by atoms with Gasteiger partial charge in [0.2, 0.25) is 0 Å². The summed E-state index contributed by atoms with van der Waals surface area (Å²) in [6.45, 7) is 5.18. The van der Waals surface area contributed by atoms with Crippen LogP contribution in [0.2, 0.25) is 44.6 Å². The maximum atomic E-state index is 3.90. The van der Waals surface area contributed by atoms with E-state index in [2.05, 4.69) is 12.2 Å². The van der Waals surface area contributed by atoms with Crippen LogP contribution in [0.1, 0.15) is 13.3 Å². The fraction of sp³-hybridized carbons (Fsp3) is 1.00. The SMILES string of the molecule is CCCNC[C]12[CH]3[CH]4[CH]5[CH]1[Ru]45321678[CH]2[CH]1[CH]6[CH]7[CH]28. The van der Waals surface area contributed by atoms with Crippen molar-refractivity contribution >= 4 is 0 Å². The van der Waals surface area contributed by atoms with Crippen LogP contribution in [0.3, 0.4) is 0 Å². The van der Waals surface area contributed by atoms with Crippen molar-refractivity contribution in [2.24, 2.45) is 0 Å². The van der Waals surface area contributed by atoms with Gasteiger partial charge in [0, 0.05) is 0 Å². The van der Waals surface area contributed by atoms with Crippen molar-refractivity contribution in [2.75, 3.05) is 13.1 Å². The molecule has 4 unspecified atom stereocenters.